The van der Waals surface area contributed by atoms with Crippen LogP contribution in [0.25, 0.3) is 0 Å². The second-order valence-corrected chi connectivity index (χ2v) is 4.37. The molecule has 0 N–H and O–H groups in total. The molecule has 1 nitrogen and oxygen atoms in total. The summed E-state index contributed by atoms with van der Waals surface area (Å²) in [5, 5.41) is 1.10. The van der Waals surface area contributed by atoms with Gasteiger partial charge in [-0.3, -0.25) is 0 Å². The molecule has 0 saturated carbocycles. The molecule has 3 heteroatoms. The Morgan fingerprint density at radius 1 is 1.12 bits per heavy atom. The smallest absolute Gasteiger partial charge is 0.130 e. The average molecular weight is 226 g/mol. The van der Waals surface area contributed by atoms with Crippen molar-refractivity contribution >= 4 is 27.9 Å². The first-order valence-electron chi connectivity index (χ1n) is 5.04. The highest BCUT2D eigenvalue weighted by Crippen LogP contribution is 2.23. The van der Waals surface area contributed by atoms with Gasteiger partial charge in [-0.1, -0.05) is 29.7 Å². The molecule has 0 aliphatic heterocycles. The first-order valence-corrected chi connectivity index (χ1v) is 5.62. The first kappa shape index (κ1) is 11.2. The van der Waals surface area contributed by atoms with Gasteiger partial charge >= 0.3 is 0 Å². The van der Waals surface area contributed by atoms with Crippen LogP contribution in [0.3, 0.4) is 0 Å². The molecule has 2 aromatic rings. The lowest BCUT2D eigenvalue weighted by molar-refractivity contribution is 0.479. The Bertz CT molecular complexity index is 511. The van der Waals surface area contributed by atoms with E-state index in [1.54, 1.807) is 0 Å². The van der Waals surface area contributed by atoms with E-state index in [2.05, 4.69) is 9.24 Å². The fourth-order valence-electron chi connectivity index (χ4n) is 1.49. The first-order chi connectivity index (χ1) is 7.65. The van der Waals surface area contributed by atoms with Crippen molar-refractivity contribution in [2.24, 2.45) is 0 Å². The fraction of sp³-hybridized carbons (Fsp3) is 0.0769. The maximum absolute atomic E-state index is 5.78. The quantitative estimate of drug-likeness (QED) is 0.562. The van der Waals surface area contributed by atoms with E-state index in [0.29, 0.717) is 0 Å². The van der Waals surface area contributed by atoms with E-state index in [4.69, 9.17) is 12.6 Å². The SMILES string of the molecule is [B]c1ccc(Oc2cccc(P)c2)c(C)c1. The van der Waals surface area contributed by atoms with E-state index >= 15 is 0 Å². The molecule has 0 amide bonds. The van der Waals surface area contributed by atoms with Gasteiger partial charge in [0.1, 0.15) is 19.3 Å². The van der Waals surface area contributed by atoms with Gasteiger partial charge in [0.05, 0.1) is 0 Å². The third-order valence-electron chi connectivity index (χ3n) is 2.28. The van der Waals surface area contributed by atoms with Crippen molar-refractivity contribution in [3.8, 4) is 11.5 Å². The molecular weight excluding hydrogens is 214 g/mol. The maximum atomic E-state index is 5.78. The van der Waals surface area contributed by atoms with Crippen LogP contribution < -0.4 is 15.5 Å². The monoisotopic (exact) mass is 226 g/mol. The minimum absolute atomic E-state index is 0.754. The molecule has 0 aliphatic carbocycles. The number of hydrogen-bond acceptors (Lipinski definition) is 1. The van der Waals surface area contributed by atoms with Crippen LogP contribution in [0.4, 0.5) is 0 Å². The van der Waals surface area contributed by atoms with Crippen LogP contribution in [0.2, 0.25) is 0 Å². The Hall–Kier alpha value is -1.27. The van der Waals surface area contributed by atoms with E-state index in [1.807, 2.05) is 49.4 Å². The summed E-state index contributed by atoms with van der Waals surface area (Å²) >= 11 is 0. The maximum Gasteiger partial charge on any atom is 0.130 e. The molecule has 0 bridgehead atoms. The zero-order valence-electron chi connectivity index (χ0n) is 9.10. The fourth-order valence-corrected chi connectivity index (χ4v) is 1.77. The molecule has 0 fully saturated rings. The van der Waals surface area contributed by atoms with E-state index in [9.17, 15) is 0 Å². The van der Waals surface area contributed by atoms with E-state index in [1.165, 1.54) is 0 Å². The molecule has 2 aromatic carbocycles. The summed E-state index contributed by atoms with van der Waals surface area (Å²) in [7, 11) is 8.34. The number of ether oxygens (including phenoxy) is 1. The lowest BCUT2D eigenvalue weighted by Gasteiger charge is -2.09. The van der Waals surface area contributed by atoms with Crippen LogP contribution in [0.5, 0.6) is 11.5 Å². The van der Waals surface area contributed by atoms with Crippen molar-refractivity contribution in [2.75, 3.05) is 0 Å². The van der Waals surface area contributed by atoms with Crippen LogP contribution in [-0.2, 0) is 0 Å². The van der Waals surface area contributed by atoms with Gasteiger partial charge < -0.3 is 4.74 Å². The molecule has 2 radical (unpaired) electrons. The highest BCUT2D eigenvalue weighted by atomic mass is 31.0. The third kappa shape index (κ3) is 2.65. The minimum atomic E-state index is 0.754. The Labute approximate surface area is 99.4 Å². The van der Waals surface area contributed by atoms with Crippen LogP contribution in [0, 0.1) is 6.92 Å². The van der Waals surface area contributed by atoms with Crippen molar-refractivity contribution in [3.63, 3.8) is 0 Å². The zero-order chi connectivity index (χ0) is 11.5. The lowest BCUT2D eigenvalue weighted by Crippen LogP contribution is -2.02. The molecule has 16 heavy (non-hydrogen) atoms. The van der Waals surface area contributed by atoms with Gasteiger partial charge in [0.15, 0.2) is 0 Å². The summed E-state index contributed by atoms with van der Waals surface area (Å²) in [5.41, 5.74) is 1.79. The lowest BCUT2D eigenvalue weighted by atomic mass is 9.94. The Morgan fingerprint density at radius 2 is 1.94 bits per heavy atom. The van der Waals surface area contributed by atoms with Crippen molar-refractivity contribution in [1.29, 1.82) is 0 Å². The highest BCUT2D eigenvalue weighted by Gasteiger charge is 2.01. The predicted molar refractivity (Wildman–Crippen MR) is 72.4 cm³/mol. The van der Waals surface area contributed by atoms with Gasteiger partial charge in [-0.2, -0.15) is 0 Å². The van der Waals surface area contributed by atoms with Crippen LogP contribution >= 0.6 is 9.24 Å². The standard InChI is InChI=1S/C13H12BOP/c1-9-7-10(14)5-6-13(9)15-11-3-2-4-12(16)8-11/h2-8H,16H2,1H3. The van der Waals surface area contributed by atoms with Gasteiger partial charge in [-0.15, -0.1) is 9.24 Å². The van der Waals surface area contributed by atoms with Crippen molar-refractivity contribution < 1.29 is 4.74 Å². The van der Waals surface area contributed by atoms with E-state index < -0.39 is 0 Å². The van der Waals surface area contributed by atoms with Gasteiger partial charge in [0, 0.05) is 0 Å². The van der Waals surface area contributed by atoms with E-state index in [0.717, 1.165) is 27.8 Å². The Morgan fingerprint density at radius 3 is 2.62 bits per heavy atom. The number of hydrogen-bond donors (Lipinski definition) is 0. The van der Waals surface area contributed by atoms with Crippen molar-refractivity contribution in [3.05, 3.63) is 48.0 Å². The second kappa shape index (κ2) is 4.72. The molecule has 0 heterocycles. The predicted octanol–water partition coefficient (Wildman–Crippen LogP) is 2.08. The number of benzene rings is 2. The highest BCUT2D eigenvalue weighted by molar-refractivity contribution is 7.27. The molecule has 1 unspecified atom stereocenters. The van der Waals surface area contributed by atoms with Gasteiger partial charge in [-0.25, -0.2) is 0 Å². The van der Waals surface area contributed by atoms with Crippen LogP contribution in [0.15, 0.2) is 42.5 Å². The molecular formula is C13H12BOP. The topological polar surface area (TPSA) is 9.23 Å². The van der Waals surface area contributed by atoms with E-state index in [-0.39, 0.29) is 0 Å². The molecule has 0 aliphatic rings. The molecule has 78 valence electrons. The van der Waals surface area contributed by atoms with Crippen LogP contribution in [-0.4, -0.2) is 7.85 Å². The van der Waals surface area contributed by atoms with Crippen molar-refractivity contribution in [1.82, 2.24) is 0 Å². The summed E-state index contributed by atoms with van der Waals surface area (Å²) < 4.78 is 5.78. The summed E-state index contributed by atoms with van der Waals surface area (Å²) in [6, 6.07) is 13.5. The largest absolute Gasteiger partial charge is 0.457 e. The van der Waals surface area contributed by atoms with Gasteiger partial charge in [0.25, 0.3) is 0 Å². The molecule has 0 saturated heterocycles. The normalized spacial score (nSPS) is 10.1. The van der Waals surface area contributed by atoms with Gasteiger partial charge in [0.2, 0.25) is 0 Å². The van der Waals surface area contributed by atoms with Crippen molar-refractivity contribution in [2.45, 2.75) is 6.92 Å². The molecule has 0 aromatic heterocycles. The second-order valence-electron chi connectivity index (χ2n) is 3.70. The summed E-state index contributed by atoms with van der Waals surface area (Å²) in [4.78, 5) is 0. The molecule has 0 spiro atoms. The Kier molecular flexibility index (Phi) is 3.31. The Balaban J connectivity index is 2.27. The summed E-state index contributed by atoms with van der Waals surface area (Å²) in [6.07, 6.45) is 0. The summed E-state index contributed by atoms with van der Waals surface area (Å²) in [6.45, 7) is 1.98. The minimum Gasteiger partial charge on any atom is -0.457 e. The van der Waals surface area contributed by atoms with Gasteiger partial charge in [-0.05, 0) is 36.0 Å². The zero-order valence-corrected chi connectivity index (χ0v) is 10.3. The third-order valence-corrected chi connectivity index (χ3v) is 2.64. The molecule has 2 rings (SSSR count). The summed E-state index contributed by atoms with van der Waals surface area (Å²) in [5.74, 6) is 1.67. The van der Waals surface area contributed by atoms with Crippen LogP contribution in [0.1, 0.15) is 5.56 Å². The molecule has 1 atom stereocenters. The number of aryl methyl sites for hydroxylation is 1. The number of rotatable bonds is 2. The average Bonchev–Trinajstić information content (AvgIpc) is 2.22.